The van der Waals surface area contributed by atoms with Crippen LogP contribution < -0.4 is 10.9 Å². The van der Waals surface area contributed by atoms with Gasteiger partial charge in [-0.25, -0.2) is 0 Å². The Balaban J connectivity index is 1.73. The summed E-state index contributed by atoms with van der Waals surface area (Å²) < 4.78 is 5.36. The first-order valence-corrected chi connectivity index (χ1v) is 9.36. The minimum absolute atomic E-state index is 0.304. The minimum Gasteiger partial charge on any atom is -0.466 e. The van der Waals surface area contributed by atoms with E-state index in [1.807, 2.05) is 60.7 Å². The Kier molecular flexibility index (Phi) is 5.98. The van der Waals surface area contributed by atoms with Gasteiger partial charge in [0.25, 0.3) is 11.8 Å². The van der Waals surface area contributed by atoms with Crippen LogP contribution in [0.2, 0.25) is 0 Å². The monoisotopic (exact) mass is 380 g/mol. The summed E-state index contributed by atoms with van der Waals surface area (Å²) in [5.41, 5.74) is 6.27. The number of hydrogen-bond donors (Lipinski definition) is 2. The van der Waals surface area contributed by atoms with Gasteiger partial charge in [0.05, 0.1) is 5.56 Å². The molecule has 0 aliphatic rings. The normalized spacial score (nSPS) is 11.6. The first-order chi connectivity index (χ1) is 13.0. The molecule has 0 bridgehead atoms. The molecule has 27 heavy (non-hydrogen) atoms. The zero-order valence-electron chi connectivity index (χ0n) is 15.1. The second-order valence-corrected chi connectivity index (χ2v) is 7.17. The number of thioether (sulfide) groups is 1. The van der Waals surface area contributed by atoms with Gasteiger partial charge in [0.15, 0.2) is 0 Å². The topological polar surface area (TPSA) is 71.3 Å². The largest absolute Gasteiger partial charge is 0.466 e. The molecule has 1 unspecified atom stereocenters. The van der Waals surface area contributed by atoms with Crippen LogP contribution in [-0.2, 0) is 4.79 Å². The van der Waals surface area contributed by atoms with E-state index in [0.29, 0.717) is 17.1 Å². The quantitative estimate of drug-likeness (QED) is 0.514. The fourth-order valence-corrected chi connectivity index (χ4v) is 3.69. The molecule has 6 heteroatoms. The third kappa shape index (κ3) is 4.80. The summed E-state index contributed by atoms with van der Waals surface area (Å²) in [5, 5.41) is -0.499. The van der Waals surface area contributed by atoms with E-state index in [1.54, 1.807) is 19.9 Å². The van der Waals surface area contributed by atoms with Crippen LogP contribution in [-0.4, -0.2) is 11.8 Å². The van der Waals surface area contributed by atoms with Gasteiger partial charge in [-0.2, -0.15) is 0 Å². The fraction of sp³-hybridized carbons (Fsp3) is 0.143. The van der Waals surface area contributed by atoms with E-state index in [0.717, 1.165) is 10.5 Å². The predicted molar refractivity (Wildman–Crippen MR) is 105 cm³/mol. The molecule has 1 atom stereocenters. The number of carbonyl (C=O) groups excluding carboxylic acids is 2. The first-order valence-electron chi connectivity index (χ1n) is 8.48. The summed E-state index contributed by atoms with van der Waals surface area (Å²) in [5.74, 6) is 0.443. The molecule has 2 aromatic carbocycles. The smallest absolute Gasteiger partial charge is 0.273 e. The molecule has 0 radical (unpaired) electrons. The molecule has 0 aliphatic carbocycles. The van der Waals surface area contributed by atoms with Crippen molar-refractivity contribution in [1.82, 2.24) is 10.9 Å². The minimum atomic E-state index is -0.499. The maximum absolute atomic E-state index is 12.8. The standard InChI is InChI=1S/C21H20N2O3S/c1-14-13-18(15(2)26-14)20(24)22-23-21(25)19(16-9-5-3-6-10-16)27-17-11-7-4-8-12-17/h3-13,19H,1-2H3,(H,22,24)(H,23,25). The van der Waals surface area contributed by atoms with Crippen molar-refractivity contribution in [2.75, 3.05) is 0 Å². The molecule has 0 spiro atoms. The SMILES string of the molecule is Cc1cc(C(=O)NNC(=O)C(Sc2ccccc2)c2ccccc2)c(C)o1. The van der Waals surface area contributed by atoms with Gasteiger partial charge in [-0.15, -0.1) is 11.8 Å². The van der Waals surface area contributed by atoms with Gasteiger partial charge in [-0.05, 0) is 37.6 Å². The second kappa shape index (κ2) is 8.60. The fourth-order valence-electron chi connectivity index (χ4n) is 2.64. The molecule has 5 nitrogen and oxygen atoms in total. The van der Waals surface area contributed by atoms with Crippen LogP contribution in [0.25, 0.3) is 0 Å². The Bertz CT molecular complexity index is 923. The van der Waals surface area contributed by atoms with Crippen molar-refractivity contribution in [3.63, 3.8) is 0 Å². The van der Waals surface area contributed by atoms with Gasteiger partial charge < -0.3 is 4.42 Å². The highest BCUT2D eigenvalue weighted by Gasteiger charge is 2.23. The number of benzene rings is 2. The van der Waals surface area contributed by atoms with Crippen LogP contribution in [0.5, 0.6) is 0 Å². The summed E-state index contributed by atoms with van der Waals surface area (Å²) in [6, 6.07) is 20.8. The lowest BCUT2D eigenvalue weighted by Gasteiger charge is -2.17. The summed E-state index contributed by atoms with van der Waals surface area (Å²) in [6.45, 7) is 3.48. The maximum atomic E-state index is 12.8. The Labute approximate surface area is 162 Å². The van der Waals surface area contributed by atoms with Crippen molar-refractivity contribution >= 4 is 23.6 Å². The molecule has 2 N–H and O–H groups in total. The van der Waals surface area contributed by atoms with Gasteiger partial charge in [-0.3, -0.25) is 20.4 Å². The number of rotatable bonds is 5. The third-order valence-electron chi connectivity index (χ3n) is 3.92. The third-order valence-corrected chi connectivity index (χ3v) is 5.19. The highest BCUT2D eigenvalue weighted by atomic mass is 32.2. The Morgan fingerprint density at radius 1 is 0.926 bits per heavy atom. The maximum Gasteiger partial charge on any atom is 0.273 e. The van der Waals surface area contributed by atoms with Crippen LogP contribution in [0.15, 0.2) is 76.0 Å². The van der Waals surface area contributed by atoms with E-state index in [2.05, 4.69) is 10.9 Å². The molecule has 0 fully saturated rings. The molecule has 2 amide bonds. The number of amides is 2. The number of nitrogens with one attached hydrogen (secondary N) is 2. The van der Waals surface area contributed by atoms with Crippen molar-refractivity contribution in [2.45, 2.75) is 24.0 Å². The summed E-state index contributed by atoms with van der Waals surface area (Å²) in [7, 11) is 0. The molecule has 3 rings (SSSR count). The second-order valence-electron chi connectivity index (χ2n) is 5.99. The Morgan fingerprint density at radius 2 is 1.56 bits per heavy atom. The van der Waals surface area contributed by atoms with Crippen molar-refractivity contribution in [3.05, 3.63) is 89.4 Å². The molecule has 1 heterocycles. The van der Waals surface area contributed by atoms with Gasteiger partial charge in [0, 0.05) is 4.90 Å². The Hall–Kier alpha value is -2.99. The van der Waals surface area contributed by atoms with Gasteiger partial charge >= 0.3 is 0 Å². The number of hydrogen-bond acceptors (Lipinski definition) is 4. The van der Waals surface area contributed by atoms with Crippen LogP contribution in [0.1, 0.15) is 32.7 Å². The average Bonchev–Trinajstić information content (AvgIpc) is 3.03. The number of aryl methyl sites for hydroxylation is 2. The number of furan rings is 1. The average molecular weight is 380 g/mol. The molecule has 3 aromatic rings. The van der Waals surface area contributed by atoms with E-state index < -0.39 is 11.2 Å². The highest BCUT2D eigenvalue weighted by molar-refractivity contribution is 8.00. The van der Waals surface area contributed by atoms with E-state index in [4.69, 9.17) is 4.42 Å². The predicted octanol–water partition coefficient (Wildman–Crippen LogP) is 4.19. The Morgan fingerprint density at radius 3 is 2.15 bits per heavy atom. The van der Waals surface area contributed by atoms with E-state index in [-0.39, 0.29) is 5.91 Å². The van der Waals surface area contributed by atoms with Crippen LogP contribution in [0.3, 0.4) is 0 Å². The zero-order chi connectivity index (χ0) is 19.2. The first kappa shape index (κ1) is 18.8. The van der Waals surface area contributed by atoms with Crippen molar-refractivity contribution in [1.29, 1.82) is 0 Å². The number of hydrazine groups is 1. The van der Waals surface area contributed by atoms with E-state index in [1.165, 1.54) is 11.8 Å². The summed E-state index contributed by atoms with van der Waals surface area (Å²) in [6.07, 6.45) is 0. The molecule has 138 valence electrons. The summed E-state index contributed by atoms with van der Waals surface area (Å²) in [4.78, 5) is 26.1. The molecule has 0 aliphatic heterocycles. The lowest BCUT2D eigenvalue weighted by molar-refractivity contribution is -0.121. The van der Waals surface area contributed by atoms with Crippen molar-refractivity contribution in [2.24, 2.45) is 0 Å². The zero-order valence-corrected chi connectivity index (χ0v) is 15.9. The van der Waals surface area contributed by atoms with Crippen LogP contribution in [0.4, 0.5) is 0 Å². The molecular formula is C21H20N2O3S. The lowest BCUT2D eigenvalue weighted by Crippen LogP contribution is -2.43. The van der Waals surface area contributed by atoms with Gasteiger partial charge in [0.2, 0.25) is 0 Å². The molecular weight excluding hydrogens is 360 g/mol. The lowest BCUT2D eigenvalue weighted by atomic mass is 10.1. The molecule has 0 saturated heterocycles. The van der Waals surface area contributed by atoms with E-state index >= 15 is 0 Å². The van der Waals surface area contributed by atoms with E-state index in [9.17, 15) is 9.59 Å². The molecule has 1 aromatic heterocycles. The van der Waals surface area contributed by atoms with Gasteiger partial charge in [-0.1, -0.05) is 48.5 Å². The highest BCUT2D eigenvalue weighted by Crippen LogP contribution is 2.35. The molecule has 0 saturated carbocycles. The number of carbonyl (C=O) groups is 2. The van der Waals surface area contributed by atoms with Crippen molar-refractivity contribution in [3.8, 4) is 0 Å². The van der Waals surface area contributed by atoms with Crippen LogP contribution in [0, 0.1) is 13.8 Å². The van der Waals surface area contributed by atoms with Gasteiger partial charge in [0.1, 0.15) is 16.8 Å². The van der Waals surface area contributed by atoms with Crippen molar-refractivity contribution < 1.29 is 14.0 Å². The van der Waals surface area contributed by atoms with Crippen LogP contribution >= 0.6 is 11.8 Å². The summed E-state index contributed by atoms with van der Waals surface area (Å²) >= 11 is 1.42.